The van der Waals surface area contributed by atoms with Crippen LogP contribution in [0.2, 0.25) is 5.15 Å². The molecule has 0 aliphatic rings. The number of hydrogen-bond acceptors (Lipinski definition) is 4. The summed E-state index contributed by atoms with van der Waals surface area (Å²) in [6.07, 6.45) is 5.41. The highest BCUT2D eigenvalue weighted by atomic mass is 35.5. The van der Waals surface area contributed by atoms with E-state index in [-0.39, 0.29) is 11.1 Å². The second-order valence-corrected chi connectivity index (χ2v) is 3.73. The van der Waals surface area contributed by atoms with Crippen molar-refractivity contribution in [3.05, 3.63) is 23.6 Å². The number of fused-ring (bicyclic) bond motifs is 1. The van der Waals surface area contributed by atoms with Crippen LogP contribution in [0.25, 0.3) is 11.2 Å². The Morgan fingerprint density at radius 1 is 1.38 bits per heavy atom. The van der Waals surface area contributed by atoms with Gasteiger partial charge in [-0.3, -0.25) is 0 Å². The highest BCUT2D eigenvalue weighted by Gasteiger charge is 2.09. The second kappa shape index (κ2) is 4.67. The number of imidazole rings is 1. The van der Waals surface area contributed by atoms with Gasteiger partial charge in [0.2, 0.25) is 5.95 Å². The van der Waals surface area contributed by atoms with Gasteiger partial charge in [0, 0.05) is 12.4 Å². The summed E-state index contributed by atoms with van der Waals surface area (Å²) >= 11 is 11.4. The van der Waals surface area contributed by atoms with Crippen LogP contribution in [-0.4, -0.2) is 25.4 Å². The van der Waals surface area contributed by atoms with Crippen molar-refractivity contribution in [2.24, 2.45) is 0 Å². The number of anilines is 1. The average molecular weight is 258 g/mol. The third-order valence-corrected chi connectivity index (χ3v) is 2.44. The van der Waals surface area contributed by atoms with Crippen molar-refractivity contribution in [1.29, 1.82) is 0 Å². The predicted octanol–water partition coefficient (Wildman–Crippen LogP) is 1.86. The van der Waals surface area contributed by atoms with Gasteiger partial charge in [0.05, 0.1) is 6.33 Å². The number of alkyl halides is 1. The Labute approximate surface area is 102 Å². The Hall–Kier alpha value is -1.33. The molecular formula is C9H9Cl2N5. The molecule has 0 fully saturated rings. The molecule has 5 nitrogen and oxygen atoms in total. The minimum Gasteiger partial charge on any atom is -0.368 e. The lowest BCUT2D eigenvalue weighted by Gasteiger charge is -1.99. The Kier molecular flexibility index (Phi) is 3.26. The normalized spacial score (nSPS) is 11.6. The van der Waals surface area contributed by atoms with Gasteiger partial charge in [-0.1, -0.05) is 23.8 Å². The molecule has 0 saturated carbocycles. The van der Waals surface area contributed by atoms with Crippen LogP contribution < -0.4 is 5.73 Å². The lowest BCUT2D eigenvalue weighted by molar-refractivity contribution is 0.836. The highest BCUT2D eigenvalue weighted by molar-refractivity contribution is 6.33. The summed E-state index contributed by atoms with van der Waals surface area (Å²) in [5.41, 5.74) is 6.69. The highest BCUT2D eigenvalue weighted by Crippen LogP contribution is 2.19. The molecule has 2 heterocycles. The molecule has 84 valence electrons. The molecule has 0 spiro atoms. The number of hydrogen-bond donors (Lipinski definition) is 1. The fraction of sp³-hybridized carbons (Fsp3) is 0.222. The zero-order valence-corrected chi connectivity index (χ0v) is 9.78. The maximum absolute atomic E-state index is 5.89. The number of nitrogens with two attached hydrogens (primary N) is 1. The summed E-state index contributed by atoms with van der Waals surface area (Å²) in [6, 6.07) is 0. The third kappa shape index (κ3) is 2.10. The van der Waals surface area contributed by atoms with Crippen molar-refractivity contribution in [3.63, 3.8) is 0 Å². The topological polar surface area (TPSA) is 69.6 Å². The van der Waals surface area contributed by atoms with Crippen molar-refractivity contribution in [3.8, 4) is 0 Å². The van der Waals surface area contributed by atoms with Gasteiger partial charge in [-0.25, -0.2) is 4.98 Å². The summed E-state index contributed by atoms with van der Waals surface area (Å²) < 4.78 is 1.82. The van der Waals surface area contributed by atoms with Gasteiger partial charge in [0.1, 0.15) is 5.52 Å². The maximum atomic E-state index is 5.89. The number of allylic oxidation sites excluding steroid dienone is 2. The molecule has 0 bridgehead atoms. The molecule has 2 rings (SSSR count). The van der Waals surface area contributed by atoms with E-state index in [0.29, 0.717) is 23.6 Å². The Bertz CT molecular complexity index is 534. The molecule has 7 heteroatoms. The summed E-state index contributed by atoms with van der Waals surface area (Å²) in [6.45, 7) is 0.621. The van der Waals surface area contributed by atoms with Gasteiger partial charge < -0.3 is 10.3 Å². The molecule has 0 amide bonds. The molecule has 0 aliphatic heterocycles. The fourth-order valence-electron chi connectivity index (χ4n) is 1.31. The van der Waals surface area contributed by atoms with Gasteiger partial charge >= 0.3 is 0 Å². The first kappa shape index (κ1) is 11.2. The Morgan fingerprint density at radius 3 is 2.94 bits per heavy atom. The minimum absolute atomic E-state index is 0.139. The standard InChI is InChI=1S/C9H9Cl2N5/c10-3-1-2-4-16-5-13-6-7(11)14-9(12)15-8(6)16/h1-2,5H,3-4H2,(H2,12,14,15)/b2-1-. The SMILES string of the molecule is Nc1nc(Cl)c2ncn(C/C=C\CCl)c2n1. The van der Waals surface area contributed by atoms with Crippen LogP contribution in [0.5, 0.6) is 0 Å². The van der Waals surface area contributed by atoms with Gasteiger partial charge in [-0.2, -0.15) is 9.97 Å². The van der Waals surface area contributed by atoms with Gasteiger partial charge in [0.15, 0.2) is 10.8 Å². The predicted molar refractivity (Wildman–Crippen MR) is 64.6 cm³/mol. The summed E-state index contributed by atoms with van der Waals surface area (Å²) in [5.74, 6) is 0.616. The maximum Gasteiger partial charge on any atom is 0.223 e. The molecule has 0 aliphatic carbocycles. The smallest absolute Gasteiger partial charge is 0.223 e. The van der Waals surface area contributed by atoms with Gasteiger partial charge in [-0.05, 0) is 0 Å². The fourth-order valence-corrected chi connectivity index (χ4v) is 1.66. The number of halogens is 2. The van der Waals surface area contributed by atoms with E-state index in [2.05, 4.69) is 15.0 Å². The molecule has 2 aromatic heterocycles. The lowest BCUT2D eigenvalue weighted by Crippen LogP contribution is -2.00. The largest absolute Gasteiger partial charge is 0.368 e. The molecular weight excluding hydrogens is 249 g/mol. The zero-order chi connectivity index (χ0) is 11.5. The van der Waals surface area contributed by atoms with Gasteiger partial charge in [-0.15, -0.1) is 11.6 Å². The quantitative estimate of drug-likeness (QED) is 0.518. The molecule has 0 unspecified atom stereocenters. The van der Waals surface area contributed by atoms with Crippen molar-refractivity contribution >= 4 is 40.3 Å². The van der Waals surface area contributed by atoms with E-state index in [0.717, 1.165) is 0 Å². The van der Waals surface area contributed by atoms with E-state index in [1.165, 1.54) is 0 Å². The summed E-state index contributed by atoms with van der Waals surface area (Å²) in [4.78, 5) is 12.0. The van der Waals surface area contributed by atoms with Crippen molar-refractivity contribution in [2.75, 3.05) is 11.6 Å². The number of nitrogens with zero attached hydrogens (tertiary/aromatic N) is 4. The zero-order valence-electron chi connectivity index (χ0n) is 8.27. The molecule has 0 radical (unpaired) electrons. The van der Waals surface area contributed by atoms with Gasteiger partial charge in [0.25, 0.3) is 0 Å². The van der Waals surface area contributed by atoms with Crippen LogP contribution in [-0.2, 0) is 6.54 Å². The van der Waals surface area contributed by atoms with Crippen molar-refractivity contribution in [1.82, 2.24) is 19.5 Å². The second-order valence-electron chi connectivity index (χ2n) is 3.07. The average Bonchev–Trinajstić information content (AvgIpc) is 2.62. The van der Waals surface area contributed by atoms with E-state index in [9.17, 15) is 0 Å². The van der Waals surface area contributed by atoms with Crippen LogP contribution in [0.4, 0.5) is 5.95 Å². The Morgan fingerprint density at radius 2 is 2.19 bits per heavy atom. The van der Waals surface area contributed by atoms with Crippen LogP contribution in [0.1, 0.15) is 0 Å². The van der Waals surface area contributed by atoms with Crippen LogP contribution in [0.15, 0.2) is 18.5 Å². The van der Waals surface area contributed by atoms with E-state index >= 15 is 0 Å². The first-order chi connectivity index (χ1) is 7.72. The monoisotopic (exact) mass is 257 g/mol. The first-order valence-corrected chi connectivity index (χ1v) is 5.48. The number of rotatable bonds is 3. The molecule has 2 aromatic rings. The molecule has 0 saturated heterocycles. The van der Waals surface area contributed by atoms with E-state index < -0.39 is 0 Å². The van der Waals surface area contributed by atoms with Crippen molar-refractivity contribution < 1.29 is 0 Å². The van der Waals surface area contributed by atoms with E-state index in [1.807, 2.05) is 16.7 Å². The molecule has 16 heavy (non-hydrogen) atoms. The summed E-state index contributed by atoms with van der Waals surface area (Å²) in [7, 11) is 0. The minimum atomic E-state index is 0.139. The van der Waals surface area contributed by atoms with Crippen LogP contribution in [0.3, 0.4) is 0 Å². The van der Waals surface area contributed by atoms with Crippen molar-refractivity contribution in [2.45, 2.75) is 6.54 Å². The summed E-state index contributed by atoms with van der Waals surface area (Å²) in [5, 5.41) is 0.266. The van der Waals surface area contributed by atoms with Crippen LogP contribution >= 0.6 is 23.2 Å². The van der Waals surface area contributed by atoms with Crippen LogP contribution in [0, 0.1) is 0 Å². The number of nitrogen functional groups attached to an aromatic ring is 1. The molecule has 0 aromatic carbocycles. The number of aromatic nitrogens is 4. The Balaban J connectivity index is 2.43. The van der Waals surface area contributed by atoms with E-state index in [4.69, 9.17) is 28.9 Å². The van der Waals surface area contributed by atoms with E-state index in [1.54, 1.807) is 6.33 Å². The first-order valence-electron chi connectivity index (χ1n) is 4.57. The lowest BCUT2D eigenvalue weighted by atomic mass is 10.5. The molecule has 0 atom stereocenters. The third-order valence-electron chi connectivity index (χ3n) is 2.00. The molecule has 2 N–H and O–H groups in total.